The van der Waals surface area contributed by atoms with Gasteiger partial charge in [0.05, 0.1) is 13.2 Å². The van der Waals surface area contributed by atoms with E-state index in [2.05, 4.69) is 5.32 Å². The van der Waals surface area contributed by atoms with Crippen molar-refractivity contribution in [1.29, 1.82) is 0 Å². The van der Waals surface area contributed by atoms with E-state index < -0.39 is 0 Å². The Bertz CT molecular complexity index is 526. The molecule has 0 spiro atoms. The van der Waals surface area contributed by atoms with Gasteiger partial charge in [0.15, 0.2) is 0 Å². The summed E-state index contributed by atoms with van der Waals surface area (Å²) in [7, 11) is 0. The topological polar surface area (TPSA) is 34.4 Å². The lowest BCUT2D eigenvalue weighted by Crippen LogP contribution is -2.14. The highest BCUT2D eigenvalue weighted by Crippen LogP contribution is 2.25. The standard InChI is InChI=1S/C16H19NO2/c1-2-18-14-7-3-12(4-8-14)16-10-9-15(19-16)11-17-13-5-6-13/h3-4,7-10,13,17H,2,5-6,11H2,1H3. The van der Waals surface area contributed by atoms with Crippen molar-refractivity contribution in [3.05, 3.63) is 42.2 Å². The summed E-state index contributed by atoms with van der Waals surface area (Å²) in [5.41, 5.74) is 1.08. The van der Waals surface area contributed by atoms with Crippen molar-refractivity contribution >= 4 is 0 Å². The summed E-state index contributed by atoms with van der Waals surface area (Å²) in [6.07, 6.45) is 2.60. The fourth-order valence-electron chi connectivity index (χ4n) is 2.04. The van der Waals surface area contributed by atoms with Gasteiger partial charge < -0.3 is 14.5 Å². The molecule has 1 aromatic carbocycles. The van der Waals surface area contributed by atoms with E-state index in [9.17, 15) is 0 Å². The Balaban J connectivity index is 1.66. The van der Waals surface area contributed by atoms with Crippen LogP contribution in [0, 0.1) is 0 Å². The van der Waals surface area contributed by atoms with Gasteiger partial charge >= 0.3 is 0 Å². The molecule has 1 N–H and O–H groups in total. The van der Waals surface area contributed by atoms with E-state index in [1.807, 2.05) is 43.3 Å². The first-order valence-corrected chi connectivity index (χ1v) is 6.90. The lowest BCUT2D eigenvalue weighted by Gasteiger charge is -2.03. The number of hydrogen-bond acceptors (Lipinski definition) is 3. The molecule has 0 atom stereocenters. The van der Waals surface area contributed by atoms with Crippen molar-refractivity contribution in [3.63, 3.8) is 0 Å². The maximum absolute atomic E-state index is 5.84. The minimum atomic E-state index is 0.692. The molecule has 1 heterocycles. The average molecular weight is 257 g/mol. The van der Waals surface area contributed by atoms with Gasteiger partial charge in [0.25, 0.3) is 0 Å². The van der Waals surface area contributed by atoms with Gasteiger partial charge in [-0.3, -0.25) is 0 Å². The molecule has 1 aliphatic carbocycles. The van der Waals surface area contributed by atoms with Gasteiger partial charge in [-0.15, -0.1) is 0 Å². The molecule has 1 fully saturated rings. The Morgan fingerprint density at radius 1 is 1.16 bits per heavy atom. The summed E-state index contributed by atoms with van der Waals surface area (Å²) >= 11 is 0. The molecule has 3 nitrogen and oxygen atoms in total. The maximum atomic E-state index is 5.84. The zero-order valence-electron chi connectivity index (χ0n) is 11.2. The van der Waals surface area contributed by atoms with Crippen LogP contribution in [0.2, 0.25) is 0 Å². The number of nitrogens with one attached hydrogen (secondary N) is 1. The van der Waals surface area contributed by atoms with Crippen LogP contribution in [-0.4, -0.2) is 12.6 Å². The first kappa shape index (κ1) is 12.3. The fraction of sp³-hybridized carbons (Fsp3) is 0.375. The molecule has 1 saturated carbocycles. The van der Waals surface area contributed by atoms with Crippen LogP contribution in [-0.2, 0) is 6.54 Å². The second-order valence-electron chi connectivity index (χ2n) is 4.88. The van der Waals surface area contributed by atoms with E-state index in [0.717, 1.165) is 29.4 Å². The minimum Gasteiger partial charge on any atom is -0.494 e. The molecular weight excluding hydrogens is 238 g/mol. The highest BCUT2D eigenvalue weighted by Gasteiger charge is 2.20. The Morgan fingerprint density at radius 2 is 1.95 bits per heavy atom. The maximum Gasteiger partial charge on any atom is 0.134 e. The van der Waals surface area contributed by atoms with Gasteiger partial charge in [0, 0.05) is 11.6 Å². The van der Waals surface area contributed by atoms with Gasteiger partial charge in [0.1, 0.15) is 17.3 Å². The number of benzene rings is 1. The molecule has 1 aromatic heterocycles. The molecular formula is C16H19NO2. The van der Waals surface area contributed by atoms with Crippen LogP contribution in [0.25, 0.3) is 11.3 Å². The summed E-state index contributed by atoms with van der Waals surface area (Å²) in [5, 5.41) is 3.45. The van der Waals surface area contributed by atoms with Crippen LogP contribution < -0.4 is 10.1 Å². The Morgan fingerprint density at radius 3 is 2.63 bits per heavy atom. The third kappa shape index (κ3) is 3.18. The minimum absolute atomic E-state index is 0.692. The number of rotatable bonds is 6. The molecule has 2 aromatic rings. The number of ether oxygens (including phenoxy) is 1. The summed E-state index contributed by atoms with van der Waals surface area (Å²) in [4.78, 5) is 0. The average Bonchev–Trinajstić information content (AvgIpc) is 3.15. The van der Waals surface area contributed by atoms with E-state index in [4.69, 9.17) is 9.15 Å². The second-order valence-corrected chi connectivity index (χ2v) is 4.88. The molecule has 100 valence electrons. The molecule has 3 rings (SSSR count). The summed E-state index contributed by atoms with van der Waals surface area (Å²) < 4.78 is 11.3. The zero-order valence-corrected chi connectivity index (χ0v) is 11.2. The van der Waals surface area contributed by atoms with Crippen LogP contribution in [0.15, 0.2) is 40.8 Å². The van der Waals surface area contributed by atoms with Crippen molar-refractivity contribution in [3.8, 4) is 17.1 Å². The van der Waals surface area contributed by atoms with Crippen molar-refractivity contribution in [2.24, 2.45) is 0 Å². The molecule has 0 aliphatic heterocycles. The van der Waals surface area contributed by atoms with E-state index in [0.29, 0.717) is 12.6 Å². The first-order chi connectivity index (χ1) is 9.35. The summed E-state index contributed by atoms with van der Waals surface area (Å²) in [6, 6.07) is 12.8. The first-order valence-electron chi connectivity index (χ1n) is 6.90. The Labute approximate surface area is 113 Å². The smallest absolute Gasteiger partial charge is 0.134 e. The molecule has 0 unspecified atom stereocenters. The zero-order chi connectivity index (χ0) is 13.1. The van der Waals surface area contributed by atoms with Crippen LogP contribution in [0.1, 0.15) is 25.5 Å². The Hall–Kier alpha value is -1.74. The molecule has 0 bridgehead atoms. The van der Waals surface area contributed by atoms with Crippen molar-refractivity contribution in [1.82, 2.24) is 5.32 Å². The van der Waals surface area contributed by atoms with E-state index in [1.165, 1.54) is 12.8 Å². The van der Waals surface area contributed by atoms with E-state index >= 15 is 0 Å². The van der Waals surface area contributed by atoms with Crippen LogP contribution in [0.3, 0.4) is 0 Å². The molecule has 19 heavy (non-hydrogen) atoms. The monoisotopic (exact) mass is 257 g/mol. The summed E-state index contributed by atoms with van der Waals surface area (Å²) in [5.74, 6) is 2.81. The van der Waals surface area contributed by atoms with Gasteiger partial charge in [-0.05, 0) is 56.2 Å². The molecule has 1 aliphatic rings. The highest BCUT2D eigenvalue weighted by atomic mass is 16.5. The highest BCUT2D eigenvalue weighted by molar-refractivity contribution is 5.58. The quantitative estimate of drug-likeness (QED) is 0.858. The van der Waals surface area contributed by atoms with Crippen molar-refractivity contribution in [2.45, 2.75) is 32.4 Å². The molecule has 0 saturated heterocycles. The van der Waals surface area contributed by atoms with Gasteiger partial charge in [0.2, 0.25) is 0 Å². The third-order valence-electron chi connectivity index (χ3n) is 3.25. The molecule has 0 amide bonds. The largest absolute Gasteiger partial charge is 0.494 e. The molecule has 0 radical (unpaired) electrons. The van der Waals surface area contributed by atoms with E-state index in [-0.39, 0.29) is 0 Å². The lowest BCUT2D eigenvalue weighted by molar-refractivity contribution is 0.340. The predicted molar refractivity (Wildman–Crippen MR) is 75.2 cm³/mol. The van der Waals surface area contributed by atoms with Crippen molar-refractivity contribution < 1.29 is 9.15 Å². The van der Waals surface area contributed by atoms with Crippen LogP contribution in [0.4, 0.5) is 0 Å². The van der Waals surface area contributed by atoms with Crippen molar-refractivity contribution in [2.75, 3.05) is 6.61 Å². The second kappa shape index (κ2) is 5.49. The van der Waals surface area contributed by atoms with Gasteiger partial charge in [-0.1, -0.05) is 0 Å². The van der Waals surface area contributed by atoms with Crippen LogP contribution >= 0.6 is 0 Å². The normalized spacial score (nSPS) is 14.6. The third-order valence-corrected chi connectivity index (χ3v) is 3.25. The summed E-state index contributed by atoms with van der Waals surface area (Å²) in [6.45, 7) is 3.50. The lowest BCUT2D eigenvalue weighted by atomic mass is 10.2. The van der Waals surface area contributed by atoms with E-state index in [1.54, 1.807) is 0 Å². The SMILES string of the molecule is CCOc1ccc(-c2ccc(CNC3CC3)o2)cc1. The van der Waals surface area contributed by atoms with Crippen LogP contribution in [0.5, 0.6) is 5.75 Å². The molecule has 3 heteroatoms. The van der Waals surface area contributed by atoms with Gasteiger partial charge in [-0.2, -0.15) is 0 Å². The van der Waals surface area contributed by atoms with Gasteiger partial charge in [-0.25, -0.2) is 0 Å². The number of furan rings is 1. The predicted octanol–water partition coefficient (Wildman–Crippen LogP) is 3.60. The Kier molecular flexibility index (Phi) is 3.56. The fourth-order valence-corrected chi connectivity index (χ4v) is 2.04. The number of hydrogen-bond donors (Lipinski definition) is 1.